The van der Waals surface area contributed by atoms with Gasteiger partial charge in [-0.3, -0.25) is 0 Å². The van der Waals surface area contributed by atoms with Crippen molar-refractivity contribution in [3.8, 4) is 0 Å². The van der Waals surface area contributed by atoms with Gasteiger partial charge < -0.3 is 14.8 Å². The average molecular weight is 291 g/mol. The summed E-state index contributed by atoms with van der Waals surface area (Å²) in [4.78, 5) is 9.61. The van der Waals surface area contributed by atoms with Gasteiger partial charge in [0.25, 0.3) is 0 Å². The first-order valence-corrected chi connectivity index (χ1v) is 8.12. The maximum Gasteiger partial charge on any atom is 0.163 e. The van der Waals surface area contributed by atoms with Crippen molar-refractivity contribution in [1.29, 1.82) is 0 Å². The van der Waals surface area contributed by atoms with E-state index < -0.39 is 0 Å². The summed E-state index contributed by atoms with van der Waals surface area (Å²) in [5.41, 5.74) is 0.795. The summed E-state index contributed by atoms with van der Waals surface area (Å²) in [7, 11) is 0. The third-order valence-corrected chi connectivity index (χ3v) is 4.23. The van der Waals surface area contributed by atoms with Crippen molar-refractivity contribution < 1.29 is 9.47 Å². The summed E-state index contributed by atoms with van der Waals surface area (Å²) in [5.74, 6) is 2.38. The highest BCUT2D eigenvalue weighted by Crippen LogP contribution is 2.41. The second-order valence-corrected chi connectivity index (χ2v) is 5.85. The molecule has 1 N–H and O–H groups in total. The van der Waals surface area contributed by atoms with Gasteiger partial charge in [-0.15, -0.1) is 0 Å². The van der Waals surface area contributed by atoms with Gasteiger partial charge in [0.1, 0.15) is 11.4 Å². The van der Waals surface area contributed by atoms with Crippen molar-refractivity contribution in [1.82, 2.24) is 9.97 Å². The number of hydrogen-bond donors (Lipinski definition) is 1. The van der Waals surface area contributed by atoms with Crippen molar-refractivity contribution in [3.05, 3.63) is 17.6 Å². The molecule has 0 atom stereocenters. The van der Waals surface area contributed by atoms with Gasteiger partial charge in [0.05, 0.1) is 0 Å². The fourth-order valence-corrected chi connectivity index (χ4v) is 2.94. The molecule has 116 valence electrons. The standard InChI is InChI=1S/C16H25N3O2/c1-3-17-14-11-13(12-5-6-12)18-15(19-14)16(21-4-2)7-9-20-10-8-16/h11-12H,3-10H2,1-2H3,(H,17,18,19). The van der Waals surface area contributed by atoms with Gasteiger partial charge in [0, 0.05) is 56.9 Å². The number of anilines is 1. The largest absolute Gasteiger partial charge is 0.381 e. The summed E-state index contributed by atoms with van der Waals surface area (Å²) < 4.78 is 11.6. The molecule has 0 bridgehead atoms. The molecular weight excluding hydrogens is 266 g/mol. The number of hydrogen-bond acceptors (Lipinski definition) is 5. The quantitative estimate of drug-likeness (QED) is 0.873. The normalized spacial score (nSPS) is 21.2. The van der Waals surface area contributed by atoms with Crippen molar-refractivity contribution >= 4 is 5.82 Å². The van der Waals surface area contributed by atoms with Gasteiger partial charge in [-0.05, 0) is 26.7 Å². The third-order valence-electron chi connectivity index (χ3n) is 4.23. The highest BCUT2D eigenvalue weighted by Gasteiger charge is 2.39. The van der Waals surface area contributed by atoms with Crippen molar-refractivity contribution in [2.45, 2.75) is 51.0 Å². The molecule has 1 aliphatic carbocycles. The van der Waals surface area contributed by atoms with Crippen LogP contribution in [-0.2, 0) is 15.1 Å². The minimum Gasteiger partial charge on any atom is -0.381 e. The molecular formula is C16H25N3O2. The van der Waals surface area contributed by atoms with Crippen LogP contribution in [0.15, 0.2) is 6.07 Å². The molecule has 0 aromatic carbocycles. The van der Waals surface area contributed by atoms with E-state index in [0.29, 0.717) is 25.7 Å². The number of ether oxygens (including phenoxy) is 2. The SMILES string of the molecule is CCNc1cc(C2CC2)nc(C2(OCC)CCOCC2)n1. The summed E-state index contributed by atoms with van der Waals surface area (Å²) >= 11 is 0. The van der Waals surface area contributed by atoms with Gasteiger partial charge in [-0.1, -0.05) is 0 Å². The van der Waals surface area contributed by atoms with Crippen LogP contribution in [0.4, 0.5) is 5.82 Å². The molecule has 2 fully saturated rings. The van der Waals surface area contributed by atoms with Crippen LogP contribution in [-0.4, -0.2) is 36.3 Å². The van der Waals surface area contributed by atoms with E-state index in [1.165, 1.54) is 18.5 Å². The van der Waals surface area contributed by atoms with Crippen LogP contribution in [0.3, 0.4) is 0 Å². The van der Waals surface area contributed by atoms with Crippen molar-refractivity contribution in [2.24, 2.45) is 0 Å². The maximum atomic E-state index is 6.11. The topological polar surface area (TPSA) is 56.3 Å². The molecule has 2 heterocycles. The lowest BCUT2D eigenvalue weighted by molar-refractivity contribution is -0.117. The van der Waals surface area contributed by atoms with Crippen molar-refractivity contribution in [3.63, 3.8) is 0 Å². The first-order chi connectivity index (χ1) is 10.3. The van der Waals surface area contributed by atoms with Gasteiger partial charge in [-0.2, -0.15) is 0 Å². The van der Waals surface area contributed by atoms with Crippen LogP contribution in [0.5, 0.6) is 0 Å². The fraction of sp³-hybridized carbons (Fsp3) is 0.750. The monoisotopic (exact) mass is 291 g/mol. The predicted octanol–water partition coefficient (Wildman–Crippen LogP) is 2.83. The van der Waals surface area contributed by atoms with E-state index in [2.05, 4.69) is 18.3 Å². The highest BCUT2D eigenvalue weighted by molar-refractivity contribution is 5.39. The molecule has 1 saturated carbocycles. The highest BCUT2D eigenvalue weighted by atomic mass is 16.5. The Morgan fingerprint density at radius 2 is 2.05 bits per heavy atom. The third kappa shape index (κ3) is 3.19. The number of nitrogens with zero attached hydrogens (tertiary/aromatic N) is 2. The zero-order chi connectivity index (χ0) is 14.7. The van der Waals surface area contributed by atoms with Crippen LogP contribution in [0, 0.1) is 0 Å². The lowest BCUT2D eigenvalue weighted by atomic mass is 9.92. The van der Waals surface area contributed by atoms with E-state index in [9.17, 15) is 0 Å². The Hall–Kier alpha value is -1.20. The molecule has 2 aliphatic rings. The minimum atomic E-state index is -0.373. The fourth-order valence-electron chi connectivity index (χ4n) is 2.94. The van der Waals surface area contributed by atoms with Gasteiger partial charge >= 0.3 is 0 Å². The summed E-state index contributed by atoms with van der Waals surface area (Å²) in [6, 6.07) is 2.10. The molecule has 5 nitrogen and oxygen atoms in total. The zero-order valence-electron chi connectivity index (χ0n) is 13.0. The Labute approximate surface area is 126 Å². The number of aromatic nitrogens is 2. The van der Waals surface area contributed by atoms with Crippen LogP contribution >= 0.6 is 0 Å². The smallest absolute Gasteiger partial charge is 0.163 e. The van der Waals surface area contributed by atoms with E-state index in [1.54, 1.807) is 0 Å². The number of rotatable bonds is 6. The Kier molecular flexibility index (Phi) is 4.40. The Morgan fingerprint density at radius 1 is 1.29 bits per heavy atom. The van der Waals surface area contributed by atoms with E-state index in [-0.39, 0.29) is 5.60 Å². The second-order valence-electron chi connectivity index (χ2n) is 5.85. The molecule has 5 heteroatoms. The summed E-state index contributed by atoms with van der Waals surface area (Å²) in [5, 5.41) is 3.33. The molecule has 1 aromatic heterocycles. The van der Waals surface area contributed by atoms with Crippen molar-refractivity contribution in [2.75, 3.05) is 31.7 Å². The van der Waals surface area contributed by atoms with Gasteiger partial charge in [0.2, 0.25) is 0 Å². The molecule has 1 aromatic rings. The predicted molar refractivity (Wildman–Crippen MR) is 81.5 cm³/mol. The second kappa shape index (κ2) is 6.28. The molecule has 0 amide bonds. The minimum absolute atomic E-state index is 0.373. The summed E-state index contributed by atoms with van der Waals surface area (Å²) in [6.45, 7) is 7.10. The van der Waals surface area contributed by atoms with Crippen LogP contribution in [0.25, 0.3) is 0 Å². The zero-order valence-corrected chi connectivity index (χ0v) is 13.0. The molecule has 1 saturated heterocycles. The maximum absolute atomic E-state index is 6.11. The molecule has 21 heavy (non-hydrogen) atoms. The lowest BCUT2D eigenvalue weighted by Crippen LogP contribution is -2.38. The first-order valence-electron chi connectivity index (χ1n) is 8.12. The van der Waals surface area contributed by atoms with E-state index in [0.717, 1.165) is 31.0 Å². The van der Waals surface area contributed by atoms with Gasteiger partial charge in [0.15, 0.2) is 5.82 Å². The lowest BCUT2D eigenvalue weighted by Gasteiger charge is -2.35. The van der Waals surface area contributed by atoms with E-state index >= 15 is 0 Å². The molecule has 0 unspecified atom stereocenters. The van der Waals surface area contributed by atoms with Crippen LogP contribution in [0.1, 0.15) is 57.0 Å². The molecule has 3 rings (SSSR count). The molecule has 0 radical (unpaired) electrons. The van der Waals surface area contributed by atoms with Crippen LogP contribution < -0.4 is 5.32 Å². The molecule has 1 aliphatic heterocycles. The van der Waals surface area contributed by atoms with Gasteiger partial charge in [-0.25, -0.2) is 9.97 Å². The summed E-state index contributed by atoms with van der Waals surface area (Å²) in [6.07, 6.45) is 4.15. The Bertz CT molecular complexity index is 477. The molecule has 0 spiro atoms. The van der Waals surface area contributed by atoms with E-state index in [1.807, 2.05) is 6.92 Å². The average Bonchev–Trinajstić information content (AvgIpc) is 3.33. The number of nitrogens with one attached hydrogen (secondary N) is 1. The van der Waals surface area contributed by atoms with Crippen LogP contribution in [0.2, 0.25) is 0 Å². The van der Waals surface area contributed by atoms with E-state index in [4.69, 9.17) is 19.4 Å². The Balaban J connectivity index is 1.96. The Morgan fingerprint density at radius 3 is 2.67 bits per heavy atom. The first kappa shape index (κ1) is 14.7.